The lowest BCUT2D eigenvalue weighted by Gasteiger charge is -2.18. The molecule has 0 aliphatic carbocycles. The van der Waals surface area contributed by atoms with Crippen molar-refractivity contribution in [3.63, 3.8) is 0 Å². The fraction of sp³-hybridized carbons (Fsp3) is 0.792. The normalized spacial score (nSPS) is 12.4. The molecule has 0 saturated heterocycles. The van der Waals surface area contributed by atoms with Gasteiger partial charge in [0.25, 0.3) is 0 Å². The van der Waals surface area contributed by atoms with E-state index in [1.165, 1.54) is 122 Å². The average molecular weight is 827 g/mol. The highest BCUT2D eigenvalue weighted by atomic mass is 16.6. The van der Waals surface area contributed by atoms with E-state index in [1.54, 1.807) is 0 Å². The summed E-state index contributed by atoms with van der Waals surface area (Å²) < 4.78 is 16.8. The van der Waals surface area contributed by atoms with Gasteiger partial charge in [-0.3, -0.25) is 14.4 Å². The number of hydrogen-bond acceptors (Lipinski definition) is 6. The van der Waals surface area contributed by atoms with E-state index < -0.39 is 6.10 Å². The fourth-order valence-corrected chi connectivity index (χ4v) is 6.98. The van der Waals surface area contributed by atoms with Crippen molar-refractivity contribution in [2.24, 2.45) is 0 Å². The van der Waals surface area contributed by atoms with E-state index in [9.17, 15) is 14.4 Å². The molecule has 0 aromatic heterocycles. The second-order valence-corrected chi connectivity index (χ2v) is 16.7. The van der Waals surface area contributed by atoms with Crippen LogP contribution in [0.3, 0.4) is 0 Å². The van der Waals surface area contributed by atoms with Gasteiger partial charge in [-0.05, 0) is 89.9 Å². The number of esters is 3. The highest BCUT2D eigenvalue weighted by Gasteiger charge is 2.19. The van der Waals surface area contributed by atoms with Crippen LogP contribution in [-0.4, -0.2) is 37.2 Å². The van der Waals surface area contributed by atoms with Crippen molar-refractivity contribution in [1.82, 2.24) is 0 Å². The van der Waals surface area contributed by atoms with Crippen LogP contribution in [0.25, 0.3) is 0 Å². The predicted octanol–water partition coefficient (Wildman–Crippen LogP) is 16.3. The van der Waals surface area contributed by atoms with Gasteiger partial charge in [0.2, 0.25) is 0 Å². The lowest BCUT2D eigenvalue weighted by molar-refractivity contribution is -0.167. The molecule has 59 heavy (non-hydrogen) atoms. The Labute approximate surface area is 365 Å². The Kier molecular flexibility index (Phi) is 45.9. The van der Waals surface area contributed by atoms with Crippen LogP contribution in [0.4, 0.5) is 0 Å². The van der Waals surface area contributed by atoms with E-state index in [-0.39, 0.29) is 31.1 Å². The second-order valence-electron chi connectivity index (χ2n) is 16.7. The van der Waals surface area contributed by atoms with Crippen LogP contribution in [0.2, 0.25) is 0 Å². The quantitative estimate of drug-likeness (QED) is 0.0263. The van der Waals surface area contributed by atoms with Gasteiger partial charge in [0.15, 0.2) is 6.10 Å². The Morgan fingerprint density at radius 2 is 0.678 bits per heavy atom. The van der Waals surface area contributed by atoms with E-state index in [0.717, 1.165) is 89.9 Å². The number of carbonyl (C=O) groups excluding carboxylic acids is 3. The molecule has 0 aromatic rings. The van der Waals surface area contributed by atoms with E-state index in [2.05, 4.69) is 69.4 Å². The van der Waals surface area contributed by atoms with Crippen LogP contribution in [0, 0.1) is 0 Å². The molecule has 0 N–H and O–H groups in total. The van der Waals surface area contributed by atoms with Crippen molar-refractivity contribution in [3.05, 3.63) is 48.6 Å². The summed E-state index contributed by atoms with van der Waals surface area (Å²) in [6.45, 7) is 6.48. The van der Waals surface area contributed by atoms with Crippen molar-refractivity contribution >= 4 is 17.9 Å². The van der Waals surface area contributed by atoms with Crippen molar-refractivity contribution in [2.45, 2.75) is 258 Å². The molecular formula is C53H94O6. The summed E-state index contributed by atoms with van der Waals surface area (Å²) in [6.07, 6.45) is 56.6. The molecule has 0 aliphatic rings. The minimum absolute atomic E-state index is 0.0828. The highest BCUT2D eigenvalue weighted by molar-refractivity contribution is 5.71. The first-order valence-electron chi connectivity index (χ1n) is 25.1. The second kappa shape index (κ2) is 48.0. The van der Waals surface area contributed by atoms with Gasteiger partial charge >= 0.3 is 17.9 Å². The topological polar surface area (TPSA) is 78.9 Å². The van der Waals surface area contributed by atoms with E-state index in [1.807, 2.05) is 0 Å². The average Bonchev–Trinajstić information content (AvgIpc) is 3.23. The Morgan fingerprint density at radius 1 is 0.356 bits per heavy atom. The van der Waals surface area contributed by atoms with Crippen molar-refractivity contribution in [3.8, 4) is 0 Å². The van der Waals surface area contributed by atoms with Crippen molar-refractivity contribution in [1.29, 1.82) is 0 Å². The summed E-state index contributed by atoms with van der Waals surface area (Å²) in [5.41, 5.74) is 0. The van der Waals surface area contributed by atoms with Crippen LogP contribution in [0.5, 0.6) is 0 Å². The molecule has 0 fully saturated rings. The molecule has 6 heteroatoms. The molecule has 0 aromatic carbocycles. The molecular weight excluding hydrogens is 733 g/mol. The maximum absolute atomic E-state index is 12.8. The molecule has 1 atom stereocenters. The van der Waals surface area contributed by atoms with Gasteiger partial charge in [0.05, 0.1) is 0 Å². The molecule has 0 spiro atoms. The number of allylic oxidation sites excluding steroid dienone is 8. The van der Waals surface area contributed by atoms with Crippen molar-refractivity contribution < 1.29 is 28.6 Å². The van der Waals surface area contributed by atoms with E-state index >= 15 is 0 Å². The summed E-state index contributed by atoms with van der Waals surface area (Å²) in [5.74, 6) is -0.905. The smallest absolute Gasteiger partial charge is 0.306 e. The van der Waals surface area contributed by atoms with Gasteiger partial charge in [-0.25, -0.2) is 0 Å². The van der Waals surface area contributed by atoms with Crippen LogP contribution < -0.4 is 0 Å². The summed E-state index contributed by atoms with van der Waals surface area (Å²) in [5, 5.41) is 0. The fourth-order valence-electron chi connectivity index (χ4n) is 6.98. The minimum atomic E-state index is -0.781. The van der Waals surface area contributed by atoms with Crippen molar-refractivity contribution in [2.75, 3.05) is 13.2 Å². The molecule has 0 radical (unpaired) electrons. The molecule has 0 bridgehead atoms. The third kappa shape index (κ3) is 46.3. The first-order chi connectivity index (χ1) is 29.0. The van der Waals surface area contributed by atoms with E-state index in [4.69, 9.17) is 14.2 Å². The minimum Gasteiger partial charge on any atom is -0.462 e. The Hall–Kier alpha value is -2.63. The standard InChI is InChI=1S/C53H94O6/c1-4-7-10-13-16-19-22-24-26-27-29-31-34-37-40-43-46-52(55)58-49-50(48-57-51(54)45-42-39-36-33-30-21-18-15-12-9-6-3)59-53(56)47-44-41-38-35-32-28-25-23-20-17-14-11-8-5-2/h8,11,15,17-18,20,26-27,50H,4-7,9-10,12-14,16,19,21-25,28-49H2,1-3H3/b11-8-,18-15-,20-17-,27-26-. The van der Waals surface area contributed by atoms with Gasteiger partial charge in [-0.2, -0.15) is 0 Å². The number of ether oxygens (including phenoxy) is 3. The van der Waals surface area contributed by atoms with Gasteiger partial charge in [-0.1, -0.05) is 191 Å². The summed E-state index contributed by atoms with van der Waals surface area (Å²) in [6, 6.07) is 0. The van der Waals surface area contributed by atoms with Crippen LogP contribution in [0.1, 0.15) is 252 Å². The van der Waals surface area contributed by atoms with Crippen LogP contribution in [-0.2, 0) is 28.6 Å². The van der Waals surface area contributed by atoms with Gasteiger partial charge < -0.3 is 14.2 Å². The van der Waals surface area contributed by atoms with Gasteiger partial charge in [0, 0.05) is 19.3 Å². The zero-order valence-electron chi connectivity index (χ0n) is 39.0. The first kappa shape index (κ1) is 56.4. The number of rotatable bonds is 45. The summed E-state index contributed by atoms with van der Waals surface area (Å²) in [7, 11) is 0. The number of carbonyl (C=O) groups is 3. The zero-order valence-corrected chi connectivity index (χ0v) is 39.0. The van der Waals surface area contributed by atoms with Gasteiger partial charge in [-0.15, -0.1) is 0 Å². The molecule has 0 rings (SSSR count). The number of unbranched alkanes of at least 4 members (excludes halogenated alkanes) is 26. The Balaban J connectivity index is 4.38. The molecule has 0 amide bonds. The van der Waals surface area contributed by atoms with Crippen LogP contribution >= 0.6 is 0 Å². The molecule has 0 aliphatic heterocycles. The van der Waals surface area contributed by atoms with Gasteiger partial charge in [0.1, 0.15) is 13.2 Å². The predicted molar refractivity (Wildman–Crippen MR) is 252 cm³/mol. The largest absolute Gasteiger partial charge is 0.462 e. The summed E-state index contributed by atoms with van der Waals surface area (Å²) >= 11 is 0. The third-order valence-corrected chi connectivity index (χ3v) is 10.8. The number of hydrogen-bond donors (Lipinski definition) is 0. The molecule has 342 valence electrons. The lowest BCUT2D eigenvalue weighted by atomic mass is 10.1. The molecule has 0 heterocycles. The molecule has 6 nitrogen and oxygen atoms in total. The Bertz CT molecular complexity index is 1040. The third-order valence-electron chi connectivity index (χ3n) is 10.8. The maximum atomic E-state index is 12.8. The molecule has 0 saturated carbocycles. The summed E-state index contributed by atoms with van der Waals surface area (Å²) in [4.78, 5) is 37.9. The van der Waals surface area contributed by atoms with Crippen LogP contribution in [0.15, 0.2) is 48.6 Å². The Morgan fingerprint density at radius 3 is 1.08 bits per heavy atom. The monoisotopic (exact) mass is 827 g/mol. The highest BCUT2D eigenvalue weighted by Crippen LogP contribution is 2.14. The molecule has 1 unspecified atom stereocenters. The maximum Gasteiger partial charge on any atom is 0.306 e. The zero-order chi connectivity index (χ0) is 43.0. The first-order valence-corrected chi connectivity index (χ1v) is 25.1. The SMILES string of the molecule is CC/C=C\C/C=C\CCCCCCCCCC(=O)OC(COC(=O)CCCCCCC/C=C\CCCC)COC(=O)CCCCCCC/C=C\CCCCCCCCC. The van der Waals surface area contributed by atoms with E-state index in [0.29, 0.717) is 19.3 Å². The lowest BCUT2D eigenvalue weighted by Crippen LogP contribution is -2.30.